The Morgan fingerprint density at radius 2 is 2.07 bits per heavy atom. The molecule has 1 aromatic rings. The van der Waals surface area contributed by atoms with Gasteiger partial charge in [-0.25, -0.2) is 0 Å². The number of rotatable bonds is 2. The summed E-state index contributed by atoms with van der Waals surface area (Å²) in [5, 5.41) is 4.35. The summed E-state index contributed by atoms with van der Waals surface area (Å²) in [5.41, 5.74) is 2.28. The number of benzene rings is 1. The molecule has 1 N–H and O–H groups in total. The molecule has 0 aliphatic carbocycles. The molecule has 3 heteroatoms. The summed E-state index contributed by atoms with van der Waals surface area (Å²) in [4.78, 5) is 0. The standard InChI is InChI=1S/C12H16ClNO/c1-9-11(13)3-2-4-12(9)14-10-5-7-15-8-6-10/h2-4,10,14H,5-8H2,1H3. The summed E-state index contributed by atoms with van der Waals surface area (Å²) in [6.45, 7) is 3.76. The molecule has 1 aromatic carbocycles. The maximum absolute atomic E-state index is 6.07. The molecule has 0 bridgehead atoms. The van der Waals surface area contributed by atoms with Crippen LogP contribution >= 0.6 is 11.6 Å². The van der Waals surface area contributed by atoms with Crippen LogP contribution in [0.2, 0.25) is 5.02 Å². The van der Waals surface area contributed by atoms with Gasteiger partial charge in [0.1, 0.15) is 0 Å². The molecule has 0 spiro atoms. The molecule has 0 atom stereocenters. The Bertz CT molecular complexity index is 334. The largest absolute Gasteiger partial charge is 0.382 e. The van der Waals surface area contributed by atoms with Crippen molar-refractivity contribution in [1.82, 2.24) is 0 Å². The van der Waals surface area contributed by atoms with E-state index in [4.69, 9.17) is 16.3 Å². The maximum atomic E-state index is 6.07. The summed E-state index contributed by atoms with van der Waals surface area (Å²) in [6, 6.07) is 6.51. The predicted octanol–water partition coefficient (Wildman–Crippen LogP) is 3.24. The molecule has 0 unspecified atom stereocenters. The summed E-state index contributed by atoms with van der Waals surface area (Å²) < 4.78 is 5.33. The highest BCUT2D eigenvalue weighted by molar-refractivity contribution is 6.31. The topological polar surface area (TPSA) is 21.3 Å². The third-order valence-corrected chi connectivity index (χ3v) is 3.26. The molecule has 1 aliphatic rings. The minimum absolute atomic E-state index is 0.524. The predicted molar refractivity (Wildman–Crippen MR) is 63.7 cm³/mol. The van der Waals surface area contributed by atoms with Crippen LogP contribution in [0.3, 0.4) is 0 Å². The first-order valence-corrected chi connectivity index (χ1v) is 5.74. The monoisotopic (exact) mass is 225 g/mol. The third-order valence-electron chi connectivity index (χ3n) is 2.85. The fourth-order valence-electron chi connectivity index (χ4n) is 1.83. The second kappa shape index (κ2) is 4.86. The van der Waals surface area contributed by atoms with Gasteiger partial charge >= 0.3 is 0 Å². The van der Waals surface area contributed by atoms with E-state index in [9.17, 15) is 0 Å². The lowest BCUT2D eigenvalue weighted by atomic mass is 10.1. The minimum Gasteiger partial charge on any atom is -0.382 e. The number of halogens is 1. The zero-order valence-corrected chi connectivity index (χ0v) is 9.68. The SMILES string of the molecule is Cc1c(Cl)cccc1NC1CCOCC1. The van der Waals surface area contributed by atoms with Gasteiger partial charge in [0.05, 0.1) is 0 Å². The number of hydrogen-bond acceptors (Lipinski definition) is 2. The van der Waals surface area contributed by atoms with Crippen molar-refractivity contribution in [2.45, 2.75) is 25.8 Å². The van der Waals surface area contributed by atoms with Crippen molar-refractivity contribution in [2.75, 3.05) is 18.5 Å². The molecule has 0 radical (unpaired) electrons. The van der Waals surface area contributed by atoms with Gasteiger partial charge in [0, 0.05) is 30.0 Å². The molecular formula is C12H16ClNO. The van der Waals surface area contributed by atoms with E-state index in [2.05, 4.69) is 11.4 Å². The average Bonchev–Trinajstić information content (AvgIpc) is 2.26. The Balaban J connectivity index is 2.06. The van der Waals surface area contributed by atoms with E-state index in [0.717, 1.165) is 42.3 Å². The van der Waals surface area contributed by atoms with E-state index < -0.39 is 0 Å². The van der Waals surface area contributed by atoms with E-state index in [-0.39, 0.29) is 0 Å². The normalized spacial score (nSPS) is 17.7. The molecule has 0 aromatic heterocycles. The molecule has 0 amide bonds. The van der Waals surface area contributed by atoms with Gasteiger partial charge in [-0.15, -0.1) is 0 Å². The van der Waals surface area contributed by atoms with Crippen LogP contribution in [0.4, 0.5) is 5.69 Å². The van der Waals surface area contributed by atoms with Crippen LogP contribution in [-0.4, -0.2) is 19.3 Å². The number of ether oxygens (including phenoxy) is 1. The highest BCUT2D eigenvalue weighted by Crippen LogP contribution is 2.24. The Morgan fingerprint density at radius 1 is 1.33 bits per heavy atom. The van der Waals surface area contributed by atoms with Crippen LogP contribution in [0.25, 0.3) is 0 Å². The zero-order chi connectivity index (χ0) is 10.7. The molecule has 1 heterocycles. The molecule has 0 saturated carbocycles. The van der Waals surface area contributed by atoms with E-state index in [1.54, 1.807) is 0 Å². The highest BCUT2D eigenvalue weighted by atomic mass is 35.5. The van der Waals surface area contributed by atoms with Gasteiger partial charge in [-0.05, 0) is 37.5 Å². The molecule has 2 nitrogen and oxygen atoms in total. The Labute approximate surface area is 95.6 Å². The summed E-state index contributed by atoms with van der Waals surface area (Å²) in [6.07, 6.45) is 2.15. The lowest BCUT2D eigenvalue weighted by Crippen LogP contribution is -2.28. The van der Waals surface area contributed by atoms with E-state index in [0.29, 0.717) is 6.04 Å². The van der Waals surface area contributed by atoms with Crippen LogP contribution in [0, 0.1) is 6.92 Å². The average molecular weight is 226 g/mol. The fraction of sp³-hybridized carbons (Fsp3) is 0.500. The van der Waals surface area contributed by atoms with Gasteiger partial charge in [-0.1, -0.05) is 17.7 Å². The molecule has 15 heavy (non-hydrogen) atoms. The third kappa shape index (κ3) is 2.64. The van der Waals surface area contributed by atoms with Gasteiger partial charge in [-0.3, -0.25) is 0 Å². The van der Waals surface area contributed by atoms with E-state index in [1.165, 1.54) is 0 Å². The number of nitrogens with one attached hydrogen (secondary N) is 1. The minimum atomic E-state index is 0.524. The van der Waals surface area contributed by atoms with Crippen molar-refractivity contribution >= 4 is 17.3 Å². The van der Waals surface area contributed by atoms with Crippen molar-refractivity contribution in [3.63, 3.8) is 0 Å². The van der Waals surface area contributed by atoms with Crippen LogP contribution in [-0.2, 0) is 4.74 Å². The lowest BCUT2D eigenvalue weighted by molar-refractivity contribution is 0.0904. The van der Waals surface area contributed by atoms with Gasteiger partial charge in [0.2, 0.25) is 0 Å². The Kier molecular flexibility index (Phi) is 3.49. The van der Waals surface area contributed by atoms with Crippen LogP contribution in [0.15, 0.2) is 18.2 Å². The van der Waals surface area contributed by atoms with E-state index >= 15 is 0 Å². The van der Waals surface area contributed by atoms with Gasteiger partial charge in [-0.2, -0.15) is 0 Å². The molecule has 1 saturated heterocycles. The van der Waals surface area contributed by atoms with Crippen molar-refractivity contribution in [3.8, 4) is 0 Å². The van der Waals surface area contributed by atoms with Gasteiger partial charge < -0.3 is 10.1 Å². The molecule has 2 rings (SSSR count). The van der Waals surface area contributed by atoms with Gasteiger partial charge in [0.15, 0.2) is 0 Å². The zero-order valence-electron chi connectivity index (χ0n) is 8.92. The van der Waals surface area contributed by atoms with Crippen LogP contribution in [0.1, 0.15) is 18.4 Å². The van der Waals surface area contributed by atoms with Gasteiger partial charge in [0.25, 0.3) is 0 Å². The maximum Gasteiger partial charge on any atom is 0.0485 e. The summed E-state index contributed by atoms with van der Waals surface area (Å²) >= 11 is 6.07. The first kappa shape index (κ1) is 10.8. The molecule has 1 aliphatic heterocycles. The fourth-order valence-corrected chi connectivity index (χ4v) is 2.00. The first-order valence-electron chi connectivity index (χ1n) is 5.37. The van der Waals surface area contributed by atoms with Crippen molar-refractivity contribution in [1.29, 1.82) is 0 Å². The van der Waals surface area contributed by atoms with Crippen molar-refractivity contribution in [3.05, 3.63) is 28.8 Å². The Morgan fingerprint density at radius 3 is 2.80 bits per heavy atom. The van der Waals surface area contributed by atoms with Crippen molar-refractivity contribution < 1.29 is 4.74 Å². The van der Waals surface area contributed by atoms with Crippen LogP contribution < -0.4 is 5.32 Å². The number of anilines is 1. The summed E-state index contributed by atoms with van der Waals surface area (Å²) in [7, 11) is 0. The smallest absolute Gasteiger partial charge is 0.0485 e. The molecular weight excluding hydrogens is 210 g/mol. The van der Waals surface area contributed by atoms with Crippen molar-refractivity contribution in [2.24, 2.45) is 0 Å². The Hall–Kier alpha value is -0.730. The highest BCUT2D eigenvalue weighted by Gasteiger charge is 2.14. The van der Waals surface area contributed by atoms with E-state index in [1.807, 2.05) is 19.1 Å². The molecule has 1 fully saturated rings. The first-order chi connectivity index (χ1) is 7.27. The quantitative estimate of drug-likeness (QED) is 0.835. The molecule has 82 valence electrons. The lowest BCUT2D eigenvalue weighted by Gasteiger charge is -2.25. The second-order valence-electron chi connectivity index (χ2n) is 3.94. The number of hydrogen-bond donors (Lipinski definition) is 1. The second-order valence-corrected chi connectivity index (χ2v) is 4.35. The summed E-state index contributed by atoms with van der Waals surface area (Å²) in [5.74, 6) is 0. The van der Waals surface area contributed by atoms with Crippen LogP contribution in [0.5, 0.6) is 0 Å².